The summed E-state index contributed by atoms with van der Waals surface area (Å²) in [5.74, 6) is 1.17. The number of allylic oxidation sites excluding steroid dienone is 2. The van der Waals surface area contributed by atoms with Gasteiger partial charge in [-0.05, 0) is 92.8 Å². The van der Waals surface area contributed by atoms with Crippen molar-refractivity contribution in [2.45, 2.75) is 49.3 Å². The normalized spacial score (nSPS) is 29.9. The van der Waals surface area contributed by atoms with Gasteiger partial charge in [0.2, 0.25) is 0 Å². The summed E-state index contributed by atoms with van der Waals surface area (Å²) in [5.41, 5.74) is 9.79. The molecule has 0 bridgehead atoms. The highest BCUT2D eigenvalue weighted by atomic mass is 16.5. The Morgan fingerprint density at radius 1 is 0.565 bits per heavy atom. The van der Waals surface area contributed by atoms with Crippen LogP contribution in [-0.4, -0.2) is 110 Å². The van der Waals surface area contributed by atoms with Gasteiger partial charge in [0.05, 0.1) is 26.3 Å². The lowest BCUT2D eigenvalue weighted by Crippen LogP contribution is -2.69. The molecular weight excluding hydrogens is 588 g/mol. The van der Waals surface area contributed by atoms with Crippen LogP contribution < -0.4 is 9.47 Å². The van der Waals surface area contributed by atoms with E-state index in [9.17, 15) is 19.8 Å². The van der Waals surface area contributed by atoms with Crippen molar-refractivity contribution in [1.29, 1.82) is 0 Å². The highest BCUT2D eigenvalue weighted by Crippen LogP contribution is 2.56. The van der Waals surface area contributed by atoms with Gasteiger partial charge in [0.15, 0.2) is 12.2 Å². The fourth-order valence-electron chi connectivity index (χ4n) is 8.27. The van der Waals surface area contributed by atoms with Gasteiger partial charge in [-0.15, -0.1) is 0 Å². The number of methoxy groups -OCH3 is 4. The van der Waals surface area contributed by atoms with Crippen molar-refractivity contribution in [3.8, 4) is 11.5 Å². The summed E-state index contributed by atoms with van der Waals surface area (Å²) in [6, 6.07) is 14.3. The topological polar surface area (TPSA) is 118 Å². The number of carbonyl (C=O) groups excluding carboxylic acids is 2. The number of rotatable bonds is 7. The van der Waals surface area contributed by atoms with Gasteiger partial charge in [-0.1, -0.05) is 24.3 Å². The molecule has 10 heteroatoms. The second kappa shape index (κ2) is 10.7. The molecule has 4 aliphatic heterocycles. The second-order valence-corrected chi connectivity index (χ2v) is 12.6. The zero-order valence-electron chi connectivity index (χ0n) is 26.1. The van der Waals surface area contributed by atoms with Gasteiger partial charge < -0.3 is 39.0 Å². The zero-order valence-corrected chi connectivity index (χ0v) is 26.1. The summed E-state index contributed by atoms with van der Waals surface area (Å²) in [5, 5.41) is 23.5. The van der Waals surface area contributed by atoms with Crippen LogP contribution in [0.2, 0.25) is 0 Å². The number of amides is 2. The van der Waals surface area contributed by atoms with E-state index in [-0.39, 0.29) is 11.8 Å². The number of nitrogens with zero attached hydrogens (tertiary/aromatic N) is 2. The smallest absolute Gasteiger partial charge is 0.254 e. The van der Waals surface area contributed by atoms with Crippen molar-refractivity contribution >= 4 is 23.0 Å². The van der Waals surface area contributed by atoms with Crippen molar-refractivity contribution in [2.75, 3.05) is 41.5 Å². The monoisotopic (exact) mass is 624 g/mol. The maximum atomic E-state index is 13.1. The zero-order chi connectivity index (χ0) is 32.0. The lowest BCUT2D eigenvalue weighted by atomic mass is 9.66. The van der Waals surface area contributed by atoms with Crippen LogP contribution in [0.3, 0.4) is 0 Å². The third-order valence-electron chi connectivity index (χ3n) is 10.8. The van der Waals surface area contributed by atoms with E-state index in [0.29, 0.717) is 25.9 Å². The number of hydrogen-bond donors (Lipinski definition) is 2. The minimum absolute atomic E-state index is 0.133. The number of β-lactam (4-membered cyclic amide) rings is 2. The third kappa shape index (κ3) is 3.90. The van der Waals surface area contributed by atoms with Crippen LogP contribution in [0.25, 0.3) is 11.1 Å². The number of benzene rings is 2. The van der Waals surface area contributed by atoms with E-state index in [1.165, 1.54) is 14.2 Å². The minimum atomic E-state index is -0.917. The maximum Gasteiger partial charge on any atom is 0.254 e. The Morgan fingerprint density at radius 3 is 1.26 bits per heavy atom. The largest absolute Gasteiger partial charge is 0.497 e. The molecule has 46 heavy (non-hydrogen) atoms. The molecule has 238 valence electrons. The van der Waals surface area contributed by atoms with E-state index < -0.39 is 36.5 Å². The van der Waals surface area contributed by atoms with Crippen LogP contribution in [-0.2, 0) is 19.1 Å². The van der Waals surface area contributed by atoms with Crippen LogP contribution in [0, 0.1) is 0 Å². The second-order valence-electron chi connectivity index (χ2n) is 12.6. The molecule has 0 aromatic heterocycles. The summed E-state index contributed by atoms with van der Waals surface area (Å²) in [7, 11) is 6.24. The molecule has 0 spiro atoms. The fourth-order valence-corrected chi connectivity index (χ4v) is 8.27. The molecule has 2 aromatic rings. The molecule has 4 heterocycles. The molecule has 2 saturated heterocycles. The molecule has 6 atom stereocenters. The molecule has 6 aliphatic rings. The highest BCUT2D eigenvalue weighted by Gasteiger charge is 2.58. The first-order valence-electron chi connectivity index (χ1n) is 15.5. The maximum absolute atomic E-state index is 13.1. The van der Waals surface area contributed by atoms with Gasteiger partial charge in [0.1, 0.15) is 23.7 Å². The average molecular weight is 625 g/mol. The van der Waals surface area contributed by atoms with Crippen LogP contribution >= 0.6 is 0 Å². The summed E-state index contributed by atoms with van der Waals surface area (Å²) in [4.78, 5) is 29.7. The third-order valence-corrected chi connectivity index (χ3v) is 10.8. The number of hydrogen-bond acceptors (Lipinski definition) is 8. The molecule has 2 aliphatic carbocycles. The van der Waals surface area contributed by atoms with Crippen LogP contribution in [0.15, 0.2) is 82.0 Å². The lowest BCUT2D eigenvalue weighted by Gasteiger charge is -2.48. The van der Waals surface area contributed by atoms with E-state index in [0.717, 1.165) is 67.2 Å². The number of carbonyl (C=O) groups is 2. The average Bonchev–Trinajstić information content (AvgIpc) is 3.19. The van der Waals surface area contributed by atoms with Crippen LogP contribution in [0.1, 0.15) is 24.0 Å². The number of aliphatic hydroxyl groups excluding tert-OH is 2. The van der Waals surface area contributed by atoms with Gasteiger partial charge >= 0.3 is 0 Å². The molecule has 2 amide bonds. The van der Waals surface area contributed by atoms with E-state index in [1.807, 2.05) is 48.5 Å². The fraction of sp³-hybridized carbons (Fsp3) is 0.389. The molecule has 8 rings (SSSR count). The number of fused-ring (bicyclic) bond motifs is 4. The first kappa shape index (κ1) is 29.2. The molecule has 2 fully saturated rings. The predicted molar refractivity (Wildman–Crippen MR) is 168 cm³/mol. The standard InChI is InChI=1S/C36H36N2O8/c1-43-19-9-5-17(6-10-19)27-23-13-21(25(23)15-37-29(31(27)39)33(45-3)35(37)41)22-14-24-26(22)16-38-30(34(46-4)36(38)42)32(40)28(24)18-7-11-20(44-2)12-8-18/h5-12,29-34,39-40H,13-16H2,1-4H3/t29-,30-,31+,32+,33+,34+/m0/s1. The van der Waals surface area contributed by atoms with E-state index in [4.69, 9.17) is 18.9 Å². The van der Waals surface area contributed by atoms with E-state index >= 15 is 0 Å². The Morgan fingerprint density at radius 2 is 0.935 bits per heavy atom. The Kier molecular flexibility index (Phi) is 6.77. The van der Waals surface area contributed by atoms with Gasteiger partial charge in [-0.3, -0.25) is 9.59 Å². The molecule has 0 radical (unpaired) electrons. The summed E-state index contributed by atoms with van der Waals surface area (Å²) in [6.07, 6.45) is -1.98. The Bertz CT molecular complexity index is 1650. The van der Waals surface area contributed by atoms with Crippen molar-refractivity contribution in [3.63, 3.8) is 0 Å². The van der Waals surface area contributed by atoms with Crippen molar-refractivity contribution in [1.82, 2.24) is 9.80 Å². The van der Waals surface area contributed by atoms with Gasteiger partial charge in [0, 0.05) is 27.3 Å². The minimum Gasteiger partial charge on any atom is -0.497 e. The molecule has 0 saturated carbocycles. The molecule has 10 nitrogen and oxygen atoms in total. The first-order valence-corrected chi connectivity index (χ1v) is 15.5. The molecule has 2 N–H and O–H groups in total. The lowest BCUT2D eigenvalue weighted by molar-refractivity contribution is -0.176. The first-order chi connectivity index (χ1) is 22.3. The summed E-state index contributed by atoms with van der Waals surface area (Å²) in [6.45, 7) is 0.761. The predicted octanol–water partition coefficient (Wildman–Crippen LogP) is 2.51. The SMILES string of the molecule is COc1ccc(C2=C3CC(C4=C5CN6C(=O)[C@H](OC)[C@@H]6[C@H](O)C(c6ccc(OC)cc6)=C5C4)=C3CN3C(=O)[C@H](OC)[C@@H]3[C@@H]2O)cc1. The summed E-state index contributed by atoms with van der Waals surface area (Å²) >= 11 is 0. The molecular formula is C36H36N2O8. The molecule has 0 unspecified atom stereocenters. The van der Waals surface area contributed by atoms with Crippen LogP contribution in [0.5, 0.6) is 11.5 Å². The van der Waals surface area contributed by atoms with Crippen LogP contribution in [0.4, 0.5) is 0 Å². The Labute approximate surface area is 266 Å². The Balaban J connectivity index is 1.27. The number of aliphatic hydroxyl groups is 2. The van der Waals surface area contributed by atoms with Gasteiger partial charge in [-0.25, -0.2) is 0 Å². The van der Waals surface area contributed by atoms with Gasteiger partial charge in [-0.2, -0.15) is 0 Å². The van der Waals surface area contributed by atoms with Crippen molar-refractivity contribution < 1.29 is 38.7 Å². The highest BCUT2D eigenvalue weighted by molar-refractivity contribution is 5.95. The van der Waals surface area contributed by atoms with E-state index in [2.05, 4.69) is 0 Å². The van der Waals surface area contributed by atoms with E-state index in [1.54, 1.807) is 24.0 Å². The van der Waals surface area contributed by atoms with Crippen molar-refractivity contribution in [3.05, 3.63) is 93.1 Å². The number of ether oxygens (including phenoxy) is 4. The Hall–Kier alpha value is -4.22. The van der Waals surface area contributed by atoms with Gasteiger partial charge in [0.25, 0.3) is 11.8 Å². The van der Waals surface area contributed by atoms with Crippen molar-refractivity contribution in [2.24, 2.45) is 0 Å². The molecule has 2 aromatic carbocycles. The quantitative estimate of drug-likeness (QED) is 0.452. The summed E-state index contributed by atoms with van der Waals surface area (Å²) < 4.78 is 21.8.